The van der Waals surface area contributed by atoms with Crippen LogP contribution in [-0.4, -0.2) is 36.7 Å². The highest BCUT2D eigenvalue weighted by Gasteiger charge is 2.50. The Kier molecular flexibility index (Phi) is 2.92. The summed E-state index contributed by atoms with van der Waals surface area (Å²) in [4.78, 5) is 13.0. The number of benzene rings is 1. The number of carbonyl (C=O) groups excluding carboxylic acids is 1. The first kappa shape index (κ1) is 11.1. The van der Waals surface area contributed by atoms with Crippen LogP contribution in [0.5, 0.6) is 0 Å². The summed E-state index contributed by atoms with van der Waals surface area (Å²) in [5.41, 5.74) is -0.682. The van der Waals surface area contributed by atoms with Crippen LogP contribution in [0.4, 0.5) is 4.39 Å². The lowest BCUT2D eigenvalue weighted by Gasteiger charge is -2.42. The Morgan fingerprint density at radius 2 is 2.06 bits per heavy atom. The number of rotatable bonds is 3. The summed E-state index contributed by atoms with van der Waals surface area (Å²) >= 11 is 0. The van der Waals surface area contributed by atoms with Gasteiger partial charge in [0.25, 0.3) is 0 Å². The second kappa shape index (κ2) is 4.22. The summed E-state index contributed by atoms with van der Waals surface area (Å²) < 4.78 is 18.2. The number of alkyl halides is 1. The first-order valence-corrected chi connectivity index (χ1v) is 5.18. The molecule has 0 aliphatic carbocycles. The summed E-state index contributed by atoms with van der Waals surface area (Å²) in [6.07, 6.45) is 0. The minimum Gasteiger partial charge on any atom is -0.467 e. The lowest BCUT2D eigenvalue weighted by atomic mass is 9.96. The number of halogens is 1. The second-order valence-electron chi connectivity index (χ2n) is 4.09. The van der Waals surface area contributed by atoms with Gasteiger partial charge in [0.15, 0.2) is 0 Å². The molecule has 0 aromatic heterocycles. The smallest absolute Gasteiger partial charge is 0.346 e. The predicted molar refractivity (Wildman–Crippen MR) is 57.6 cm³/mol. The molecule has 1 heterocycles. The molecule has 0 saturated carbocycles. The number of ether oxygens (including phenoxy) is 1. The van der Waals surface area contributed by atoms with Crippen LogP contribution in [0.1, 0.15) is 5.56 Å². The third kappa shape index (κ3) is 2.07. The molecule has 0 unspecified atom stereocenters. The van der Waals surface area contributed by atoms with E-state index in [9.17, 15) is 9.18 Å². The number of likely N-dealkylation sites (tertiary alicyclic amines) is 1. The molecule has 16 heavy (non-hydrogen) atoms. The molecule has 1 aromatic carbocycles. The third-order valence-electron chi connectivity index (χ3n) is 2.75. The van der Waals surface area contributed by atoms with Crippen LogP contribution in [0.25, 0.3) is 0 Å². The van der Waals surface area contributed by atoms with E-state index in [0.29, 0.717) is 6.54 Å². The molecule has 3 nitrogen and oxygen atoms in total. The molecule has 1 aromatic rings. The van der Waals surface area contributed by atoms with Crippen LogP contribution < -0.4 is 0 Å². The van der Waals surface area contributed by atoms with Crippen LogP contribution in [0.2, 0.25) is 0 Å². The van der Waals surface area contributed by atoms with Crippen LogP contribution in [0, 0.1) is 0 Å². The molecule has 1 fully saturated rings. The maximum atomic E-state index is 13.7. The zero-order valence-corrected chi connectivity index (χ0v) is 9.15. The fourth-order valence-corrected chi connectivity index (χ4v) is 1.93. The van der Waals surface area contributed by atoms with Gasteiger partial charge in [0.2, 0.25) is 5.67 Å². The Labute approximate surface area is 93.8 Å². The Hall–Kier alpha value is -1.42. The van der Waals surface area contributed by atoms with Crippen LogP contribution >= 0.6 is 0 Å². The fraction of sp³-hybridized carbons (Fsp3) is 0.417. The van der Waals surface area contributed by atoms with Crippen LogP contribution in [-0.2, 0) is 16.1 Å². The monoisotopic (exact) mass is 223 g/mol. The van der Waals surface area contributed by atoms with Gasteiger partial charge in [-0.15, -0.1) is 0 Å². The number of hydrogen-bond donors (Lipinski definition) is 0. The molecular formula is C12H14FNO2. The zero-order valence-electron chi connectivity index (χ0n) is 9.15. The van der Waals surface area contributed by atoms with Crippen molar-refractivity contribution in [3.05, 3.63) is 35.9 Å². The van der Waals surface area contributed by atoms with E-state index in [-0.39, 0.29) is 13.1 Å². The number of nitrogens with zero attached hydrogens (tertiary/aromatic N) is 1. The highest BCUT2D eigenvalue weighted by atomic mass is 19.1. The summed E-state index contributed by atoms with van der Waals surface area (Å²) in [5, 5.41) is 0. The largest absolute Gasteiger partial charge is 0.467 e. The fourth-order valence-electron chi connectivity index (χ4n) is 1.93. The summed E-state index contributed by atoms with van der Waals surface area (Å²) in [5.74, 6) is -0.767. The lowest BCUT2D eigenvalue weighted by Crippen LogP contribution is -2.63. The van der Waals surface area contributed by atoms with Crippen molar-refractivity contribution in [2.24, 2.45) is 0 Å². The Balaban J connectivity index is 1.87. The van der Waals surface area contributed by atoms with Gasteiger partial charge in [-0.25, -0.2) is 9.18 Å². The zero-order chi connectivity index (χ0) is 11.6. The number of carbonyl (C=O) groups is 1. The quantitative estimate of drug-likeness (QED) is 0.725. The second-order valence-corrected chi connectivity index (χ2v) is 4.09. The number of hydrogen-bond acceptors (Lipinski definition) is 3. The van der Waals surface area contributed by atoms with Gasteiger partial charge in [-0.05, 0) is 5.56 Å². The van der Waals surface area contributed by atoms with Gasteiger partial charge in [-0.1, -0.05) is 30.3 Å². The number of esters is 1. The highest BCUT2D eigenvalue weighted by molar-refractivity contribution is 5.81. The topological polar surface area (TPSA) is 29.5 Å². The lowest BCUT2D eigenvalue weighted by molar-refractivity contribution is -0.168. The Morgan fingerprint density at radius 1 is 1.44 bits per heavy atom. The van der Waals surface area contributed by atoms with E-state index in [1.807, 2.05) is 35.2 Å². The molecule has 1 aliphatic heterocycles. The highest BCUT2D eigenvalue weighted by Crippen LogP contribution is 2.28. The van der Waals surface area contributed by atoms with Crippen molar-refractivity contribution < 1.29 is 13.9 Å². The molecule has 0 atom stereocenters. The van der Waals surface area contributed by atoms with Crippen molar-refractivity contribution in [1.29, 1.82) is 0 Å². The molecule has 0 N–H and O–H groups in total. The van der Waals surface area contributed by atoms with Gasteiger partial charge in [-0.2, -0.15) is 0 Å². The molecule has 0 bridgehead atoms. The van der Waals surface area contributed by atoms with Crippen molar-refractivity contribution in [3.8, 4) is 0 Å². The van der Waals surface area contributed by atoms with E-state index in [1.54, 1.807) is 0 Å². The van der Waals surface area contributed by atoms with Gasteiger partial charge >= 0.3 is 5.97 Å². The summed E-state index contributed by atoms with van der Waals surface area (Å²) in [7, 11) is 1.21. The molecule has 4 heteroatoms. The molecular weight excluding hydrogens is 209 g/mol. The van der Waals surface area contributed by atoms with E-state index in [4.69, 9.17) is 0 Å². The van der Waals surface area contributed by atoms with Gasteiger partial charge in [-0.3, -0.25) is 4.90 Å². The van der Waals surface area contributed by atoms with E-state index in [2.05, 4.69) is 4.74 Å². The predicted octanol–water partition coefficient (Wildman–Crippen LogP) is 1.38. The molecule has 0 spiro atoms. The first-order valence-electron chi connectivity index (χ1n) is 5.18. The normalized spacial score (nSPS) is 18.9. The van der Waals surface area contributed by atoms with E-state index >= 15 is 0 Å². The van der Waals surface area contributed by atoms with Crippen molar-refractivity contribution >= 4 is 5.97 Å². The Bertz CT molecular complexity index is 374. The molecule has 0 radical (unpaired) electrons. The van der Waals surface area contributed by atoms with Gasteiger partial charge in [0, 0.05) is 19.6 Å². The van der Waals surface area contributed by atoms with Crippen molar-refractivity contribution in [2.75, 3.05) is 20.2 Å². The molecule has 2 rings (SSSR count). The van der Waals surface area contributed by atoms with E-state index in [0.717, 1.165) is 5.56 Å². The van der Waals surface area contributed by atoms with E-state index in [1.165, 1.54) is 7.11 Å². The summed E-state index contributed by atoms with van der Waals surface area (Å²) in [6, 6.07) is 9.79. The van der Waals surface area contributed by atoms with Crippen molar-refractivity contribution in [1.82, 2.24) is 4.90 Å². The van der Waals surface area contributed by atoms with Crippen molar-refractivity contribution in [3.63, 3.8) is 0 Å². The summed E-state index contributed by atoms with van der Waals surface area (Å²) in [6.45, 7) is 0.909. The molecule has 0 amide bonds. The minimum absolute atomic E-state index is 0.120. The first-order chi connectivity index (χ1) is 7.64. The average molecular weight is 223 g/mol. The molecule has 86 valence electrons. The van der Waals surface area contributed by atoms with E-state index < -0.39 is 11.6 Å². The molecule has 1 aliphatic rings. The molecule has 1 saturated heterocycles. The maximum absolute atomic E-state index is 13.7. The standard InChI is InChI=1S/C12H14FNO2/c1-16-11(15)12(13)8-14(9-12)7-10-5-3-2-4-6-10/h2-6H,7-9H2,1H3. The maximum Gasteiger partial charge on any atom is 0.346 e. The average Bonchev–Trinajstić information content (AvgIpc) is 2.27. The van der Waals surface area contributed by atoms with Gasteiger partial charge < -0.3 is 4.74 Å². The number of methoxy groups -OCH3 is 1. The van der Waals surface area contributed by atoms with Gasteiger partial charge in [0.1, 0.15) is 0 Å². The minimum atomic E-state index is -1.80. The SMILES string of the molecule is COC(=O)C1(F)CN(Cc2ccccc2)C1. The Morgan fingerprint density at radius 3 is 2.62 bits per heavy atom. The van der Waals surface area contributed by atoms with Crippen LogP contribution in [0.3, 0.4) is 0 Å². The third-order valence-corrected chi connectivity index (χ3v) is 2.75. The van der Waals surface area contributed by atoms with Crippen LogP contribution in [0.15, 0.2) is 30.3 Å². The van der Waals surface area contributed by atoms with Gasteiger partial charge in [0.05, 0.1) is 7.11 Å². The van der Waals surface area contributed by atoms with Crippen molar-refractivity contribution in [2.45, 2.75) is 12.2 Å².